The van der Waals surface area contributed by atoms with Crippen LogP contribution in [0.5, 0.6) is 0 Å². The van der Waals surface area contributed by atoms with Gasteiger partial charge in [0.1, 0.15) is 0 Å². The predicted molar refractivity (Wildman–Crippen MR) is 97.6 cm³/mol. The van der Waals surface area contributed by atoms with Crippen LogP contribution in [0.15, 0.2) is 47.4 Å². The highest BCUT2D eigenvalue weighted by Crippen LogP contribution is 2.23. The van der Waals surface area contributed by atoms with E-state index in [-0.39, 0.29) is 10.8 Å². The zero-order valence-electron chi connectivity index (χ0n) is 13.9. The lowest BCUT2D eigenvalue weighted by Gasteiger charge is -2.11. The Bertz CT molecular complexity index is 851. The Kier molecular flexibility index (Phi) is 6.41. The molecule has 1 amide bonds. The first-order valence-electron chi connectivity index (χ1n) is 7.49. The SMILES string of the molecule is COCCNC(=O)c1ccc(S(=O)(=O)Nc2ccc(Cl)cc2C)cc1. The molecule has 2 aromatic rings. The molecule has 0 aromatic heterocycles. The first-order valence-corrected chi connectivity index (χ1v) is 9.36. The molecule has 134 valence electrons. The molecule has 0 saturated heterocycles. The van der Waals surface area contributed by atoms with Crippen LogP contribution < -0.4 is 10.0 Å². The molecule has 2 N–H and O–H groups in total. The molecule has 6 nitrogen and oxygen atoms in total. The summed E-state index contributed by atoms with van der Waals surface area (Å²) in [6.45, 7) is 2.55. The molecule has 0 aliphatic heterocycles. The van der Waals surface area contributed by atoms with Gasteiger partial charge in [-0.05, 0) is 55.0 Å². The summed E-state index contributed by atoms with van der Waals surface area (Å²) in [5, 5.41) is 3.20. The lowest BCUT2D eigenvalue weighted by atomic mass is 10.2. The monoisotopic (exact) mass is 382 g/mol. The molecule has 0 saturated carbocycles. The van der Waals surface area contributed by atoms with E-state index in [1.54, 1.807) is 32.2 Å². The summed E-state index contributed by atoms with van der Waals surface area (Å²) in [5.74, 6) is -0.289. The molecule has 0 heterocycles. The van der Waals surface area contributed by atoms with Crippen molar-refractivity contribution >= 4 is 33.2 Å². The highest BCUT2D eigenvalue weighted by Gasteiger charge is 2.16. The number of carbonyl (C=O) groups excluding carboxylic acids is 1. The second-order valence-electron chi connectivity index (χ2n) is 5.34. The Labute approximate surface area is 152 Å². The molecule has 0 bridgehead atoms. The van der Waals surface area contributed by atoms with E-state index < -0.39 is 10.0 Å². The maximum Gasteiger partial charge on any atom is 0.261 e. The van der Waals surface area contributed by atoms with Crippen LogP contribution in [0, 0.1) is 6.92 Å². The van der Waals surface area contributed by atoms with Crippen molar-refractivity contribution < 1.29 is 17.9 Å². The number of methoxy groups -OCH3 is 1. The fourth-order valence-electron chi connectivity index (χ4n) is 2.10. The van der Waals surface area contributed by atoms with Gasteiger partial charge in [-0.2, -0.15) is 0 Å². The van der Waals surface area contributed by atoms with Crippen molar-refractivity contribution in [2.45, 2.75) is 11.8 Å². The van der Waals surface area contributed by atoms with Crippen LogP contribution in [0.4, 0.5) is 5.69 Å². The average Bonchev–Trinajstić information content (AvgIpc) is 2.57. The van der Waals surface area contributed by atoms with Crippen molar-refractivity contribution in [1.82, 2.24) is 5.32 Å². The number of sulfonamides is 1. The molecule has 0 aliphatic rings. The van der Waals surface area contributed by atoms with E-state index in [1.807, 2.05) is 0 Å². The number of hydrogen-bond donors (Lipinski definition) is 2. The first-order chi connectivity index (χ1) is 11.8. The molecular weight excluding hydrogens is 364 g/mol. The molecule has 0 atom stereocenters. The zero-order chi connectivity index (χ0) is 18.4. The first kappa shape index (κ1) is 19.2. The maximum atomic E-state index is 12.5. The van der Waals surface area contributed by atoms with Crippen LogP contribution in [0.2, 0.25) is 5.02 Å². The molecule has 0 radical (unpaired) electrons. The van der Waals surface area contributed by atoms with Gasteiger partial charge in [0.15, 0.2) is 0 Å². The summed E-state index contributed by atoms with van der Waals surface area (Å²) in [6, 6.07) is 10.6. The highest BCUT2D eigenvalue weighted by atomic mass is 35.5. The second kappa shape index (κ2) is 8.33. The largest absolute Gasteiger partial charge is 0.383 e. The van der Waals surface area contributed by atoms with E-state index in [9.17, 15) is 13.2 Å². The number of amides is 1. The number of carbonyl (C=O) groups is 1. The average molecular weight is 383 g/mol. The number of halogens is 1. The third-order valence-corrected chi connectivity index (χ3v) is 5.07. The standard InChI is InChI=1S/C17H19ClN2O4S/c1-12-11-14(18)5-8-16(12)20-25(22,23)15-6-3-13(4-7-15)17(21)19-9-10-24-2/h3-8,11,20H,9-10H2,1-2H3,(H,19,21). The van der Waals surface area contributed by atoms with Crippen LogP contribution in [0.1, 0.15) is 15.9 Å². The fraction of sp³-hybridized carbons (Fsp3) is 0.235. The molecule has 0 fully saturated rings. The summed E-state index contributed by atoms with van der Waals surface area (Å²) in [7, 11) is -2.21. The Balaban J connectivity index is 2.13. The van der Waals surface area contributed by atoms with E-state index in [1.165, 1.54) is 24.3 Å². The molecule has 8 heteroatoms. The summed E-state index contributed by atoms with van der Waals surface area (Å²) >= 11 is 5.87. The molecular formula is C17H19ClN2O4S. The zero-order valence-corrected chi connectivity index (χ0v) is 15.4. The fourth-order valence-corrected chi connectivity index (χ4v) is 3.46. The summed E-state index contributed by atoms with van der Waals surface area (Å²) in [6.07, 6.45) is 0. The van der Waals surface area contributed by atoms with Crippen LogP contribution >= 0.6 is 11.6 Å². The Hall–Kier alpha value is -2.09. The maximum absolute atomic E-state index is 12.5. The van der Waals surface area contributed by atoms with Crippen molar-refractivity contribution in [3.05, 3.63) is 58.6 Å². The van der Waals surface area contributed by atoms with E-state index in [4.69, 9.17) is 16.3 Å². The molecule has 2 rings (SSSR count). The minimum Gasteiger partial charge on any atom is -0.383 e. The van der Waals surface area contributed by atoms with Crippen molar-refractivity contribution in [2.24, 2.45) is 0 Å². The summed E-state index contributed by atoms with van der Waals surface area (Å²) in [5.41, 5.74) is 1.54. The van der Waals surface area contributed by atoms with E-state index in [2.05, 4.69) is 10.0 Å². The Morgan fingerprint density at radius 1 is 1.16 bits per heavy atom. The van der Waals surface area contributed by atoms with Crippen LogP contribution in [0.3, 0.4) is 0 Å². The van der Waals surface area contributed by atoms with Crippen LogP contribution in [-0.2, 0) is 14.8 Å². The molecule has 2 aromatic carbocycles. The lowest BCUT2D eigenvalue weighted by Crippen LogP contribution is -2.26. The third-order valence-electron chi connectivity index (χ3n) is 3.45. The van der Waals surface area contributed by atoms with Gasteiger partial charge in [-0.1, -0.05) is 11.6 Å². The summed E-state index contributed by atoms with van der Waals surface area (Å²) in [4.78, 5) is 12.0. The van der Waals surface area contributed by atoms with Gasteiger partial charge < -0.3 is 10.1 Å². The molecule has 0 spiro atoms. The van der Waals surface area contributed by atoms with E-state index >= 15 is 0 Å². The van der Waals surface area contributed by atoms with Crippen molar-refractivity contribution in [3.63, 3.8) is 0 Å². The van der Waals surface area contributed by atoms with Gasteiger partial charge in [-0.15, -0.1) is 0 Å². The molecule has 0 aliphatic carbocycles. The Morgan fingerprint density at radius 2 is 1.84 bits per heavy atom. The van der Waals surface area contributed by atoms with E-state index in [0.717, 1.165) is 0 Å². The van der Waals surface area contributed by atoms with Gasteiger partial charge in [0.05, 0.1) is 17.2 Å². The Morgan fingerprint density at radius 3 is 2.44 bits per heavy atom. The molecule has 0 unspecified atom stereocenters. The number of ether oxygens (including phenoxy) is 1. The minimum atomic E-state index is -3.76. The number of benzene rings is 2. The molecule has 25 heavy (non-hydrogen) atoms. The summed E-state index contributed by atoms with van der Waals surface area (Å²) < 4.78 is 32.3. The van der Waals surface area contributed by atoms with Gasteiger partial charge in [0.25, 0.3) is 15.9 Å². The quantitative estimate of drug-likeness (QED) is 0.721. The number of anilines is 1. The van der Waals surface area contributed by atoms with Gasteiger partial charge in [-0.3, -0.25) is 9.52 Å². The minimum absolute atomic E-state index is 0.0651. The number of nitrogens with one attached hydrogen (secondary N) is 2. The van der Waals surface area contributed by atoms with Gasteiger partial charge in [-0.25, -0.2) is 8.42 Å². The normalized spacial score (nSPS) is 11.2. The van der Waals surface area contributed by atoms with E-state index in [0.29, 0.717) is 35.0 Å². The van der Waals surface area contributed by atoms with Crippen molar-refractivity contribution in [3.8, 4) is 0 Å². The number of aryl methyl sites for hydroxylation is 1. The van der Waals surface area contributed by atoms with Crippen LogP contribution in [0.25, 0.3) is 0 Å². The van der Waals surface area contributed by atoms with Crippen molar-refractivity contribution in [1.29, 1.82) is 0 Å². The topological polar surface area (TPSA) is 84.5 Å². The lowest BCUT2D eigenvalue weighted by molar-refractivity contribution is 0.0937. The van der Waals surface area contributed by atoms with Gasteiger partial charge in [0, 0.05) is 24.2 Å². The highest BCUT2D eigenvalue weighted by molar-refractivity contribution is 7.92. The second-order valence-corrected chi connectivity index (χ2v) is 7.46. The van der Waals surface area contributed by atoms with Gasteiger partial charge >= 0.3 is 0 Å². The van der Waals surface area contributed by atoms with Gasteiger partial charge in [0.2, 0.25) is 0 Å². The van der Waals surface area contributed by atoms with Crippen molar-refractivity contribution in [2.75, 3.05) is 25.0 Å². The predicted octanol–water partition coefficient (Wildman–Crippen LogP) is 2.83. The smallest absolute Gasteiger partial charge is 0.261 e. The third kappa shape index (κ3) is 5.19. The van der Waals surface area contributed by atoms with Crippen LogP contribution in [-0.4, -0.2) is 34.6 Å². The number of hydrogen-bond acceptors (Lipinski definition) is 4. The number of rotatable bonds is 7.